The molecule has 1 atom stereocenters. The molecule has 1 fully saturated rings. The lowest BCUT2D eigenvalue weighted by Gasteiger charge is -2.22. The largest absolute Gasteiger partial charge is 0.394 e. The van der Waals surface area contributed by atoms with Crippen LogP contribution in [0.1, 0.15) is 22.5 Å². The number of likely N-dealkylation sites (tertiary alicyclic amines) is 1. The van der Waals surface area contributed by atoms with Crippen LogP contribution in [0, 0.1) is 0 Å². The summed E-state index contributed by atoms with van der Waals surface area (Å²) >= 11 is 7.26. The Balaban J connectivity index is 2.18. The normalized spacial score (nSPS) is 20.9. The minimum Gasteiger partial charge on any atom is -0.394 e. The second-order valence-electron chi connectivity index (χ2n) is 3.57. The number of nitrogens with zero attached hydrogens (tertiary/aromatic N) is 1. The Morgan fingerprint density at radius 1 is 1.73 bits per heavy atom. The van der Waals surface area contributed by atoms with Gasteiger partial charge in [0.25, 0.3) is 5.91 Å². The number of hydrogen-bond acceptors (Lipinski definition) is 3. The van der Waals surface area contributed by atoms with E-state index in [0.29, 0.717) is 9.90 Å². The summed E-state index contributed by atoms with van der Waals surface area (Å²) in [6.45, 7) is 0.757. The maximum absolute atomic E-state index is 12.0. The van der Waals surface area contributed by atoms with Crippen molar-refractivity contribution in [1.29, 1.82) is 0 Å². The van der Waals surface area contributed by atoms with E-state index in [-0.39, 0.29) is 18.6 Å². The van der Waals surface area contributed by atoms with E-state index < -0.39 is 0 Å². The highest BCUT2D eigenvalue weighted by Gasteiger charge is 2.30. The number of hydrogen-bond donors (Lipinski definition) is 1. The first-order valence-corrected chi connectivity index (χ1v) is 6.14. The molecular weight excluding hydrogens is 234 g/mol. The van der Waals surface area contributed by atoms with Gasteiger partial charge in [-0.3, -0.25) is 4.79 Å². The molecule has 5 heteroatoms. The van der Waals surface area contributed by atoms with Gasteiger partial charge >= 0.3 is 0 Å². The number of carbonyl (C=O) groups is 1. The monoisotopic (exact) mass is 245 g/mol. The minimum atomic E-state index is -0.0495. The third kappa shape index (κ3) is 2.02. The van der Waals surface area contributed by atoms with Gasteiger partial charge in [-0.05, 0) is 24.3 Å². The molecule has 0 aliphatic carbocycles. The molecule has 1 aromatic rings. The van der Waals surface area contributed by atoms with Crippen LogP contribution in [0.25, 0.3) is 0 Å². The van der Waals surface area contributed by atoms with E-state index >= 15 is 0 Å². The third-order valence-electron chi connectivity index (χ3n) is 2.66. The van der Waals surface area contributed by atoms with Crippen molar-refractivity contribution >= 4 is 28.8 Å². The second kappa shape index (κ2) is 4.51. The van der Waals surface area contributed by atoms with Gasteiger partial charge in [-0.15, -0.1) is 11.3 Å². The molecule has 1 amide bonds. The summed E-state index contributed by atoms with van der Waals surface area (Å²) in [7, 11) is 0. The Hall–Kier alpha value is -0.580. The van der Waals surface area contributed by atoms with Crippen molar-refractivity contribution in [3.05, 3.63) is 21.3 Å². The molecule has 1 N–H and O–H groups in total. The first-order chi connectivity index (χ1) is 7.24. The molecule has 0 bridgehead atoms. The Labute approximate surface area is 97.3 Å². The molecule has 2 rings (SSSR count). The fraction of sp³-hybridized carbons (Fsp3) is 0.500. The maximum Gasteiger partial charge on any atom is 0.265 e. The Kier molecular flexibility index (Phi) is 3.29. The molecular formula is C10H12ClNO2S. The molecule has 15 heavy (non-hydrogen) atoms. The first kappa shape index (κ1) is 10.9. The van der Waals surface area contributed by atoms with Crippen molar-refractivity contribution in [3.63, 3.8) is 0 Å². The smallest absolute Gasteiger partial charge is 0.265 e. The van der Waals surface area contributed by atoms with Crippen LogP contribution in [0.15, 0.2) is 11.4 Å². The molecule has 2 heterocycles. The highest BCUT2D eigenvalue weighted by molar-refractivity contribution is 7.12. The van der Waals surface area contributed by atoms with Crippen LogP contribution < -0.4 is 0 Å². The molecule has 0 spiro atoms. The highest BCUT2D eigenvalue weighted by atomic mass is 35.5. The van der Waals surface area contributed by atoms with E-state index in [2.05, 4.69) is 0 Å². The maximum atomic E-state index is 12.0. The lowest BCUT2D eigenvalue weighted by atomic mass is 10.2. The molecule has 1 aromatic heterocycles. The van der Waals surface area contributed by atoms with Crippen LogP contribution in [0.3, 0.4) is 0 Å². The van der Waals surface area contributed by atoms with Gasteiger partial charge in [0.2, 0.25) is 0 Å². The Morgan fingerprint density at radius 3 is 3.13 bits per heavy atom. The summed E-state index contributed by atoms with van der Waals surface area (Å²) in [6, 6.07) is 1.69. The molecule has 3 nitrogen and oxygen atoms in total. The Morgan fingerprint density at radius 2 is 2.53 bits per heavy atom. The van der Waals surface area contributed by atoms with Gasteiger partial charge in [-0.25, -0.2) is 0 Å². The SMILES string of the molecule is O=C(c1sccc1Cl)N1CCC[C@H]1CO. The molecule has 1 aliphatic rings. The molecule has 0 aromatic carbocycles. The van der Waals surface area contributed by atoms with Crippen molar-refractivity contribution in [2.24, 2.45) is 0 Å². The van der Waals surface area contributed by atoms with Crippen LogP contribution in [-0.2, 0) is 0 Å². The van der Waals surface area contributed by atoms with Gasteiger partial charge in [-0.1, -0.05) is 11.6 Å². The van der Waals surface area contributed by atoms with E-state index in [9.17, 15) is 4.79 Å². The van der Waals surface area contributed by atoms with Crippen LogP contribution in [0.2, 0.25) is 5.02 Å². The number of aliphatic hydroxyl groups is 1. The van der Waals surface area contributed by atoms with E-state index in [1.54, 1.807) is 16.3 Å². The van der Waals surface area contributed by atoms with Gasteiger partial charge in [0, 0.05) is 6.54 Å². The number of halogens is 1. The molecule has 0 saturated carbocycles. The highest BCUT2D eigenvalue weighted by Crippen LogP contribution is 2.27. The summed E-state index contributed by atoms with van der Waals surface area (Å²) in [5, 5.41) is 11.4. The zero-order chi connectivity index (χ0) is 10.8. The number of carbonyl (C=O) groups excluding carboxylic acids is 1. The number of rotatable bonds is 2. The zero-order valence-corrected chi connectivity index (χ0v) is 9.72. The van der Waals surface area contributed by atoms with Crippen molar-refractivity contribution in [2.75, 3.05) is 13.2 Å². The van der Waals surface area contributed by atoms with E-state index in [0.717, 1.165) is 19.4 Å². The van der Waals surface area contributed by atoms with Crippen LogP contribution in [0.4, 0.5) is 0 Å². The second-order valence-corrected chi connectivity index (χ2v) is 4.90. The summed E-state index contributed by atoms with van der Waals surface area (Å²) in [4.78, 5) is 14.3. The predicted molar refractivity (Wildman–Crippen MR) is 60.5 cm³/mol. The summed E-state index contributed by atoms with van der Waals surface area (Å²) in [5.41, 5.74) is 0. The molecule has 1 aliphatic heterocycles. The lowest BCUT2D eigenvalue weighted by molar-refractivity contribution is 0.0682. The first-order valence-electron chi connectivity index (χ1n) is 4.89. The van der Waals surface area contributed by atoms with Crippen LogP contribution in [0.5, 0.6) is 0 Å². The molecule has 0 unspecified atom stereocenters. The standard InChI is InChI=1S/C10H12ClNO2S/c11-8-3-5-15-9(8)10(14)12-4-1-2-7(12)6-13/h3,5,7,13H,1-2,4,6H2/t7-/m0/s1. The fourth-order valence-corrected chi connectivity index (χ4v) is 2.96. The number of aliphatic hydroxyl groups excluding tert-OH is 1. The van der Waals surface area contributed by atoms with Gasteiger partial charge in [-0.2, -0.15) is 0 Å². The van der Waals surface area contributed by atoms with Crippen molar-refractivity contribution in [1.82, 2.24) is 4.90 Å². The van der Waals surface area contributed by atoms with E-state index in [4.69, 9.17) is 16.7 Å². The van der Waals surface area contributed by atoms with Crippen molar-refractivity contribution in [3.8, 4) is 0 Å². The van der Waals surface area contributed by atoms with Crippen molar-refractivity contribution in [2.45, 2.75) is 18.9 Å². The van der Waals surface area contributed by atoms with E-state index in [1.807, 2.05) is 0 Å². The topological polar surface area (TPSA) is 40.5 Å². The Bertz CT molecular complexity index is 366. The van der Waals surface area contributed by atoms with E-state index in [1.165, 1.54) is 11.3 Å². The number of thiophene rings is 1. The van der Waals surface area contributed by atoms with Gasteiger partial charge in [0.15, 0.2) is 0 Å². The average Bonchev–Trinajstić information content (AvgIpc) is 2.84. The van der Waals surface area contributed by atoms with Crippen LogP contribution in [-0.4, -0.2) is 35.1 Å². The average molecular weight is 246 g/mol. The third-order valence-corrected chi connectivity index (χ3v) is 3.99. The molecule has 0 radical (unpaired) electrons. The summed E-state index contributed by atoms with van der Waals surface area (Å²) < 4.78 is 0. The van der Waals surface area contributed by atoms with Crippen molar-refractivity contribution < 1.29 is 9.90 Å². The molecule has 82 valence electrons. The van der Waals surface area contributed by atoms with Gasteiger partial charge in [0.05, 0.1) is 17.7 Å². The summed E-state index contributed by atoms with van der Waals surface area (Å²) in [5.74, 6) is -0.0495. The predicted octanol–water partition coefficient (Wildman–Crippen LogP) is 2.00. The minimum absolute atomic E-state index is 0.0318. The number of amides is 1. The van der Waals surface area contributed by atoms with Gasteiger partial charge < -0.3 is 10.0 Å². The van der Waals surface area contributed by atoms with Gasteiger partial charge in [0.1, 0.15) is 4.88 Å². The fourth-order valence-electron chi connectivity index (χ4n) is 1.87. The molecule has 1 saturated heterocycles. The summed E-state index contributed by atoms with van der Waals surface area (Å²) in [6.07, 6.45) is 1.84. The van der Waals surface area contributed by atoms with Crippen LogP contribution >= 0.6 is 22.9 Å². The lowest BCUT2D eigenvalue weighted by Crippen LogP contribution is -2.37. The zero-order valence-electron chi connectivity index (χ0n) is 8.15. The quantitative estimate of drug-likeness (QED) is 0.866.